The number of esters is 1. The summed E-state index contributed by atoms with van der Waals surface area (Å²) in [6.07, 6.45) is -3.72. The molecule has 0 bridgehead atoms. The van der Waals surface area contributed by atoms with Gasteiger partial charge < -0.3 is 34.5 Å². The van der Waals surface area contributed by atoms with Crippen molar-refractivity contribution in [3.8, 4) is 11.5 Å². The zero-order valence-corrected chi connectivity index (χ0v) is 23.2. The van der Waals surface area contributed by atoms with Gasteiger partial charge in [-0.15, -0.1) is 12.4 Å². The first-order valence-electron chi connectivity index (χ1n) is 11.7. The highest BCUT2D eigenvalue weighted by molar-refractivity contribution is 5.85. The van der Waals surface area contributed by atoms with E-state index in [1.165, 1.54) is 18.2 Å². The van der Waals surface area contributed by atoms with Gasteiger partial charge in [-0.05, 0) is 52.3 Å². The van der Waals surface area contributed by atoms with Crippen LogP contribution in [0.5, 0.6) is 11.5 Å². The van der Waals surface area contributed by atoms with Crippen LogP contribution < -0.4 is 15.2 Å². The molecule has 0 fully saturated rings. The molecule has 0 saturated carbocycles. The number of benzene rings is 1. The molecule has 11 nitrogen and oxygen atoms in total. The maximum atomic E-state index is 12.2. The lowest BCUT2D eigenvalue weighted by Gasteiger charge is -2.32. The number of carboxylic acids is 1. The SMILES string of the molecule is CC(C)OC(=O)Oc1ccc(C([C@H](N)C(=O)O)[C@@H](C)[C@@H](C)OC(=O)C(C)C)cc1OC(=O)OC(C)C.Cl. The topological polar surface area (TPSA) is 161 Å². The van der Waals surface area contributed by atoms with E-state index in [0.717, 1.165) is 0 Å². The van der Waals surface area contributed by atoms with Gasteiger partial charge in [-0.3, -0.25) is 9.59 Å². The summed E-state index contributed by atoms with van der Waals surface area (Å²) in [4.78, 5) is 48.2. The number of ether oxygens (including phenoxy) is 5. The van der Waals surface area contributed by atoms with E-state index in [9.17, 15) is 24.3 Å². The van der Waals surface area contributed by atoms with E-state index in [0.29, 0.717) is 5.56 Å². The molecular formula is C25H38ClNO10. The molecule has 37 heavy (non-hydrogen) atoms. The molecule has 0 radical (unpaired) electrons. The number of carboxylic acid groups (broad SMARTS) is 1. The van der Waals surface area contributed by atoms with Gasteiger partial charge in [0.2, 0.25) is 0 Å². The summed E-state index contributed by atoms with van der Waals surface area (Å²) >= 11 is 0. The fourth-order valence-corrected chi connectivity index (χ4v) is 3.22. The monoisotopic (exact) mass is 547 g/mol. The number of nitrogens with two attached hydrogens (primary N) is 1. The van der Waals surface area contributed by atoms with E-state index in [2.05, 4.69) is 0 Å². The average molecular weight is 548 g/mol. The maximum absolute atomic E-state index is 12.2. The molecule has 0 aromatic heterocycles. The second kappa shape index (κ2) is 15.3. The second-order valence-corrected chi connectivity index (χ2v) is 9.29. The van der Waals surface area contributed by atoms with Crippen molar-refractivity contribution < 1.29 is 48.0 Å². The van der Waals surface area contributed by atoms with Crippen LogP contribution in [0.1, 0.15) is 66.9 Å². The van der Waals surface area contributed by atoms with Crippen molar-refractivity contribution in [3.05, 3.63) is 23.8 Å². The minimum Gasteiger partial charge on any atom is -0.480 e. The van der Waals surface area contributed by atoms with Crippen LogP contribution in [0.25, 0.3) is 0 Å². The van der Waals surface area contributed by atoms with Gasteiger partial charge in [-0.25, -0.2) is 9.59 Å². The number of aliphatic carboxylic acids is 1. The van der Waals surface area contributed by atoms with E-state index >= 15 is 0 Å². The van der Waals surface area contributed by atoms with Crippen LogP contribution in [-0.4, -0.2) is 53.7 Å². The molecule has 0 aliphatic rings. The molecule has 3 N–H and O–H groups in total. The lowest BCUT2D eigenvalue weighted by Crippen LogP contribution is -2.43. The van der Waals surface area contributed by atoms with Crippen LogP contribution in [0.2, 0.25) is 0 Å². The lowest BCUT2D eigenvalue weighted by atomic mass is 9.79. The Morgan fingerprint density at radius 3 is 1.70 bits per heavy atom. The fraction of sp³-hybridized carbons (Fsp3) is 0.600. The first kappa shape index (κ1) is 34.0. The van der Waals surface area contributed by atoms with Crippen LogP contribution in [0.4, 0.5) is 9.59 Å². The fourth-order valence-electron chi connectivity index (χ4n) is 3.22. The molecule has 0 aliphatic carbocycles. The highest BCUT2D eigenvalue weighted by atomic mass is 35.5. The van der Waals surface area contributed by atoms with E-state index in [1.807, 2.05) is 0 Å². The van der Waals surface area contributed by atoms with Gasteiger partial charge >= 0.3 is 24.2 Å². The normalized spacial score (nSPS) is 14.2. The average Bonchev–Trinajstić information content (AvgIpc) is 2.73. The molecule has 0 aliphatic heterocycles. The van der Waals surface area contributed by atoms with Crippen molar-refractivity contribution in [2.24, 2.45) is 17.6 Å². The highest BCUT2D eigenvalue weighted by Crippen LogP contribution is 2.37. The molecule has 1 unspecified atom stereocenters. The molecule has 0 saturated heterocycles. The van der Waals surface area contributed by atoms with Crippen molar-refractivity contribution in [1.82, 2.24) is 0 Å². The van der Waals surface area contributed by atoms with Crippen LogP contribution in [-0.2, 0) is 23.8 Å². The Balaban J connectivity index is 0.0000130. The molecule has 0 heterocycles. The van der Waals surface area contributed by atoms with Gasteiger partial charge in [0.25, 0.3) is 0 Å². The van der Waals surface area contributed by atoms with Crippen molar-refractivity contribution in [1.29, 1.82) is 0 Å². The minimum atomic E-state index is -1.40. The third kappa shape index (κ3) is 10.8. The second-order valence-electron chi connectivity index (χ2n) is 9.29. The Bertz CT molecular complexity index is 934. The molecule has 1 rings (SSSR count). The Morgan fingerprint density at radius 1 is 0.784 bits per heavy atom. The molecular weight excluding hydrogens is 510 g/mol. The molecule has 210 valence electrons. The third-order valence-electron chi connectivity index (χ3n) is 5.16. The van der Waals surface area contributed by atoms with Crippen LogP contribution in [0.15, 0.2) is 18.2 Å². The number of halogens is 1. The minimum absolute atomic E-state index is 0. The van der Waals surface area contributed by atoms with Gasteiger partial charge in [0.1, 0.15) is 12.1 Å². The summed E-state index contributed by atoms with van der Waals surface area (Å²) in [5, 5.41) is 9.66. The summed E-state index contributed by atoms with van der Waals surface area (Å²) in [5.41, 5.74) is 6.38. The largest absolute Gasteiger partial charge is 0.514 e. The number of carbonyl (C=O) groups is 4. The first-order chi connectivity index (χ1) is 16.6. The third-order valence-corrected chi connectivity index (χ3v) is 5.16. The lowest BCUT2D eigenvalue weighted by molar-refractivity contribution is -0.155. The maximum Gasteiger partial charge on any atom is 0.514 e. The number of hydrogen-bond donors (Lipinski definition) is 2. The Morgan fingerprint density at radius 2 is 1.27 bits per heavy atom. The zero-order chi connectivity index (χ0) is 27.7. The summed E-state index contributed by atoms with van der Waals surface area (Å²) in [6.45, 7) is 13.2. The van der Waals surface area contributed by atoms with Crippen LogP contribution in [0, 0.1) is 11.8 Å². The van der Waals surface area contributed by atoms with Gasteiger partial charge in [-0.2, -0.15) is 0 Å². The summed E-state index contributed by atoms with van der Waals surface area (Å²) < 4.78 is 25.9. The predicted octanol–water partition coefficient (Wildman–Crippen LogP) is 4.68. The molecule has 0 spiro atoms. The van der Waals surface area contributed by atoms with Crippen molar-refractivity contribution >= 4 is 36.7 Å². The van der Waals surface area contributed by atoms with Gasteiger partial charge in [0.15, 0.2) is 11.5 Å². The van der Waals surface area contributed by atoms with Gasteiger partial charge in [-0.1, -0.05) is 26.8 Å². The highest BCUT2D eigenvalue weighted by Gasteiger charge is 2.36. The molecule has 0 amide bonds. The van der Waals surface area contributed by atoms with Crippen LogP contribution in [0.3, 0.4) is 0 Å². The van der Waals surface area contributed by atoms with Crippen LogP contribution >= 0.6 is 12.4 Å². The number of rotatable bonds is 11. The quantitative estimate of drug-likeness (QED) is 0.225. The summed E-state index contributed by atoms with van der Waals surface area (Å²) in [5.74, 6) is -3.90. The van der Waals surface area contributed by atoms with Gasteiger partial charge in [0.05, 0.1) is 18.1 Å². The Kier molecular flexibility index (Phi) is 14.0. The smallest absolute Gasteiger partial charge is 0.480 e. The van der Waals surface area contributed by atoms with E-state index in [-0.39, 0.29) is 29.8 Å². The standard InChI is InChI=1S/C25H37NO10.ClH/c1-12(2)23(29)34-16(8)15(7)20(21(26)22(27)28)17-9-10-18(35-24(30)32-13(3)4)19(11-17)36-25(31)33-14(5)6;/h9-16,20-21H,26H2,1-8H3,(H,27,28);1H/t15-,16+,20?,21-;/m0./s1. The van der Waals surface area contributed by atoms with E-state index in [1.54, 1.807) is 55.4 Å². The number of hydrogen-bond acceptors (Lipinski definition) is 10. The van der Waals surface area contributed by atoms with Gasteiger partial charge in [0, 0.05) is 11.8 Å². The Labute approximate surface area is 223 Å². The van der Waals surface area contributed by atoms with Crippen molar-refractivity contribution in [2.45, 2.75) is 85.7 Å². The van der Waals surface area contributed by atoms with E-state index < -0.39 is 60.4 Å². The molecule has 1 aromatic carbocycles. The molecule has 4 atom stereocenters. The molecule has 1 aromatic rings. The van der Waals surface area contributed by atoms with Crippen molar-refractivity contribution in [2.75, 3.05) is 0 Å². The first-order valence-corrected chi connectivity index (χ1v) is 11.7. The molecule has 12 heteroatoms. The van der Waals surface area contributed by atoms with Crippen molar-refractivity contribution in [3.63, 3.8) is 0 Å². The number of carbonyl (C=O) groups excluding carboxylic acids is 3. The Hall–Kier alpha value is -3.05. The summed E-state index contributed by atoms with van der Waals surface area (Å²) in [7, 11) is 0. The zero-order valence-electron chi connectivity index (χ0n) is 22.4. The van der Waals surface area contributed by atoms with E-state index in [4.69, 9.17) is 29.4 Å². The predicted molar refractivity (Wildman–Crippen MR) is 136 cm³/mol. The summed E-state index contributed by atoms with van der Waals surface area (Å²) in [6, 6.07) is 2.75.